The van der Waals surface area contributed by atoms with Gasteiger partial charge in [0.25, 0.3) is 0 Å². The molecule has 6 heteroatoms. The van der Waals surface area contributed by atoms with Crippen LogP contribution in [0.5, 0.6) is 5.75 Å². The van der Waals surface area contributed by atoms with Crippen molar-refractivity contribution in [2.45, 2.75) is 59.4 Å². The van der Waals surface area contributed by atoms with Crippen LogP contribution in [0.15, 0.2) is 58.6 Å². The summed E-state index contributed by atoms with van der Waals surface area (Å²) in [6.45, 7) is 8.27. The zero-order valence-electron chi connectivity index (χ0n) is 19.1. The normalized spacial score (nSPS) is 13.9. The molecular formula is C25H34BrNO4. The number of halogens is 1. The molecule has 0 heterocycles. The predicted octanol–water partition coefficient (Wildman–Crippen LogP) is 5.59. The molecule has 0 aliphatic rings. The van der Waals surface area contributed by atoms with E-state index in [-0.39, 0.29) is 23.5 Å². The Morgan fingerprint density at radius 2 is 1.84 bits per heavy atom. The maximum Gasteiger partial charge on any atom is 0.328 e. The summed E-state index contributed by atoms with van der Waals surface area (Å²) in [5.41, 5.74) is 1.93. The van der Waals surface area contributed by atoms with Gasteiger partial charge in [-0.2, -0.15) is 0 Å². The molecule has 1 aromatic rings. The van der Waals surface area contributed by atoms with E-state index in [4.69, 9.17) is 4.74 Å². The van der Waals surface area contributed by atoms with E-state index in [0.29, 0.717) is 0 Å². The highest BCUT2D eigenvalue weighted by Gasteiger charge is 2.21. The first kappa shape index (κ1) is 26.7. The zero-order valence-corrected chi connectivity index (χ0v) is 20.7. The van der Waals surface area contributed by atoms with E-state index in [1.165, 1.54) is 18.8 Å². The van der Waals surface area contributed by atoms with Gasteiger partial charge in [-0.1, -0.05) is 65.7 Å². The van der Waals surface area contributed by atoms with Crippen LogP contribution < -0.4 is 5.32 Å². The van der Waals surface area contributed by atoms with Crippen LogP contribution in [0.25, 0.3) is 0 Å². The first-order valence-electron chi connectivity index (χ1n) is 10.4. The van der Waals surface area contributed by atoms with Crippen LogP contribution >= 0.6 is 15.9 Å². The second-order valence-electron chi connectivity index (χ2n) is 8.36. The lowest BCUT2D eigenvalue weighted by molar-refractivity contribution is -0.144. The van der Waals surface area contributed by atoms with E-state index in [2.05, 4.69) is 54.2 Å². The van der Waals surface area contributed by atoms with Crippen LogP contribution in [0.2, 0.25) is 0 Å². The number of benzene rings is 1. The van der Waals surface area contributed by atoms with Gasteiger partial charge in [0, 0.05) is 6.42 Å². The van der Waals surface area contributed by atoms with E-state index in [9.17, 15) is 14.7 Å². The molecule has 0 unspecified atom stereocenters. The van der Waals surface area contributed by atoms with Gasteiger partial charge >= 0.3 is 5.97 Å². The molecule has 0 aliphatic carbocycles. The van der Waals surface area contributed by atoms with Crippen LogP contribution in [0.1, 0.15) is 52.5 Å². The highest BCUT2D eigenvalue weighted by Crippen LogP contribution is 2.24. The Labute approximate surface area is 194 Å². The molecule has 1 aromatic carbocycles. The molecule has 2 N–H and O–H groups in total. The molecule has 170 valence electrons. The van der Waals surface area contributed by atoms with Crippen molar-refractivity contribution in [1.82, 2.24) is 5.32 Å². The summed E-state index contributed by atoms with van der Waals surface area (Å²) >= 11 is 3.44. The number of carbonyl (C=O) groups is 2. The molecule has 0 aromatic heterocycles. The Hall–Kier alpha value is -2.34. The van der Waals surface area contributed by atoms with Crippen molar-refractivity contribution in [3.8, 4) is 5.75 Å². The third kappa shape index (κ3) is 11.6. The number of esters is 1. The number of nitrogens with one attached hydrogen (secondary N) is 1. The van der Waals surface area contributed by atoms with Gasteiger partial charge in [-0.05, 0) is 66.8 Å². The van der Waals surface area contributed by atoms with Gasteiger partial charge in [-0.15, -0.1) is 0 Å². The number of methoxy groups -OCH3 is 1. The molecule has 0 fully saturated rings. The van der Waals surface area contributed by atoms with Gasteiger partial charge in [0.1, 0.15) is 11.8 Å². The van der Waals surface area contributed by atoms with E-state index < -0.39 is 12.0 Å². The average Bonchev–Trinajstić information content (AvgIpc) is 2.71. The Balaban J connectivity index is 2.69. The minimum atomic E-state index is -0.803. The maximum atomic E-state index is 12.4. The number of carbonyl (C=O) groups excluding carboxylic acids is 2. The van der Waals surface area contributed by atoms with Crippen molar-refractivity contribution >= 4 is 27.8 Å². The van der Waals surface area contributed by atoms with Crippen LogP contribution in [-0.4, -0.2) is 30.1 Å². The van der Waals surface area contributed by atoms with E-state index in [1.54, 1.807) is 24.3 Å². The number of ether oxygens (including phenoxy) is 1. The molecule has 0 spiro atoms. The highest BCUT2D eigenvalue weighted by molar-refractivity contribution is 9.11. The first-order valence-corrected chi connectivity index (χ1v) is 11.1. The molecule has 0 radical (unpaired) electrons. The van der Waals surface area contributed by atoms with Crippen molar-refractivity contribution in [2.75, 3.05) is 7.11 Å². The lowest BCUT2D eigenvalue weighted by Gasteiger charge is -2.19. The smallest absolute Gasteiger partial charge is 0.328 e. The van der Waals surface area contributed by atoms with Gasteiger partial charge in [-0.3, -0.25) is 4.79 Å². The SMILES string of the molecule is COC(=O)[C@H](Cc1ccc(O)cc1)NC(=O)/C=C/C(C)(C)C/C=C(\C)CC/C=C(\C)Br. The molecule has 1 amide bonds. The fourth-order valence-corrected chi connectivity index (χ4v) is 3.06. The topological polar surface area (TPSA) is 75.6 Å². The molecule has 31 heavy (non-hydrogen) atoms. The van der Waals surface area contributed by atoms with Gasteiger partial charge < -0.3 is 15.2 Å². The third-order valence-corrected chi connectivity index (χ3v) is 5.13. The molecule has 1 rings (SSSR count). The number of aromatic hydroxyl groups is 1. The number of hydrogen-bond donors (Lipinski definition) is 2. The number of rotatable bonds is 11. The lowest BCUT2D eigenvalue weighted by atomic mass is 9.87. The van der Waals surface area contributed by atoms with Crippen molar-refractivity contribution < 1.29 is 19.4 Å². The summed E-state index contributed by atoms with van der Waals surface area (Å²) in [6.07, 6.45) is 10.8. The Bertz CT molecular complexity index is 818. The summed E-state index contributed by atoms with van der Waals surface area (Å²) < 4.78 is 5.97. The van der Waals surface area contributed by atoms with Gasteiger partial charge in [0.15, 0.2) is 0 Å². The summed E-state index contributed by atoms with van der Waals surface area (Å²) in [6, 6.07) is 5.70. The van der Waals surface area contributed by atoms with Gasteiger partial charge in [0.2, 0.25) is 5.91 Å². The summed E-state index contributed by atoms with van der Waals surface area (Å²) in [7, 11) is 1.29. The van der Waals surface area contributed by atoms with Crippen LogP contribution in [-0.2, 0) is 20.7 Å². The quantitative estimate of drug-likeness (QED) is 0.240. The van der Waals surface area contributed by atoms with Crippen molar-refractivity contribution in [1.29, 1.82) is 0 Å². The summed E-state index contributed by atoms with van der Waals surface area (Å²) in [4.78, 5) is 24.5. The minimum absolute atomic E-state index is 0.145. The second-order valence-corrected chi connectivity index (χ2v) is 9.61. The van der Waals surface area contributed by atoms with Crippen molar-refractivity contribution in [3.63, 3.8) is 0 Å². The average molecular weight is 492 g/mol. The third-order valence-electron chi connectivity index (χ3n) is 4.81. The molecule has 0 saturated carbocycles. The van der Waals surface area contributed by atoms with E-state index >= 15 is 0 Å². The number of amides is 1. The Morgan fingerprint density at radius 1 is 1.19 bits per heavy atom. The maximum absolute atomic E-state index is 12.4. The molecule has 5 nitrogen and oxygen atoms in total. The van der Waals surface area contributed by atoms with Gasteiger partial charge in [0.05, 0.1) is 7.11 Å². The molecule has 0 aliphatic heterocycles. The summed E-state index contributed by atoms with van der Waals surface area (Å²) in [5, 5.41) is 12.1. The lowest BCUT2D eigenvalue weighted by Crippen LogP contribution is -2.42. The second kappa shape index (κ2) is 13.2. The zero-order chi connectivity index (χ0) is 23.4. The van der Waals surface area contributed by atoms with Crippen LogP contribution in [0, 0.1) is 5.41 Å². The predicted molar refractivity (Wildman–Crippen MR) is 129 cm³/mol. The first-order chi connectivity index (χ1) is 14.5. The minimum Gasteiger partial charge on any atom is -0.508 e. The molecule has 0 bridgehead atoms. The standard InChI is InChI=1S/C25H34BrNO4/c1-18(7-6-8-19(2)26)13-15-25(3,4)16-14-23(29)27-22(24(30)31-5)17-20-9-11-21(28)12-10-20/h8-14,16,22,28H,6-7,15,17H2,1-5H3,(H,27,29)/b16-14+,18-13+,19-8+/t22-/m0/s1. The largest absolute Gasteiger partial charge is 0.508 e. The van der Waals surface area contributed by atoms with E-state index in [1.807, 2.05) is 13.0 Å². The molecule has 1 atom stereocenters. The Kier molecular flexibility index (Phi) is 11.3. The number of hydrogen-bond acceptors (Lipinski definition) is 4. The number of phenolic OH excluding ortho intramolecular Hbond substituents is 1. The molecular weight excluding hydrogens is 458 g/mol. The summed E-state index contributed by atoms with van der Waals surface area (Å²) in [5.74, 6) is -0.715. The monoisotopic (exact) mass is 491 g/mol. The number of phenols is 1. The van der Waals surface area contributed by atoms with Crippen LogP contribution in [0.4, 0.5) is 0 Å². The van der Waals surface area contributed by atoms with Crippen molar-refractivity contribution in [3.05, 3.63) is 64.2 Å². The van der Waals surface area contributed by atoms with Gasteiger partial charge in [-0.25, -0.2) is 4.79 Å². The van der Waals surface area contributed by atoms with E-state index in [0.717, 1.165) is 29.3 Å². The fraction of sp³-hybridized carbons (Fsp3) is 0.440. The van der Waals surface area contributed by atoms with Crippen LogP contribution in [0.3, 0.4) is 0 Å². The number of allylic oxidation sites excluding steroid dienone is 5. The van der Waals surface area contributed by atoms with Crippen molar-refractivity contribution in [2.24, 2.45) is 5.41 Å². The Morgan fingerprint density at radius 3 is 2.42 bits per heavy atom. The highest BCUT2D eigenvalue weighted by atomic mass is 79.9. The molecule has 0 saturated heterocycles. The fourth-order valence-electron chi connectivity index (χ4n) is 2.83.